The van der Waals surface area contributed by atoms with Gasteiger partial charge in [-0.15, -0.1) is 0 Å². The van der Waals surface area contributed by atoms with Crippen LogP contribution in [0.4, 0.5) is 4.79 Å². The highest BCUT2D eigenvalue weighted by molar-refractivity contribution is 5.88. The molecular formula is C24H34N2O3. The van der Waals surface area contributed by atoms with Gasteiger partial charge in [0.1, 0.15) is 5.60 Å². The van der Waals surface area contributed by atoms with Crippen molar-refractivity contribution in [3.05, 3.63) is 48.0 Å². The summed E-state index contributed by atoms with van der Waals surface area (Å²) in [5.41, 5.74) is -0.317. The summed E-state index contributed by atoms with van der Waals surface area (Å²) >= 11 is 0. The minimum Gasteiger partial charge on any atom is -0.444 e. The monoisotopic (exact) mass is 398 g/mol. The summed E-state index contributed by atoms with van der Waals surface area (Å²) in [5.74, 6) is -0.110. The van der Waals surface area contributed by atoms with Gasteiger partial charge in [-0.1, -0.05) is 49.4 Å². The number of carbonyl (C=O) groups is 2. The fourth-order valence-corrected chi connectivity index (χ4v) is 3.49. The molecule has 158 valence electrons. The molecule has 0 spiro atoms. The van der Waals surface area contributed by atoms with Crippen molar-refractivity contribution in [3.8, 4) is 0 Å². The van der Waals surface area contributed by atoms with Crippen molar-refractivity contribution < 1.29 is 14.3 Å². The minimum atomic E-state index is -0.801. The third kappa shape index (κ3) is 5.72. The first-order valence-corrected chi connectivity index (χ1v) is 10.2. The van der Waals surface area contributed by atoms with E-state index in [-0.39, 0.29) is 18.0 Å². The summed E-state index contributed by atoms with van der Waals surface area (Å²) in [4.78, 5) is 25.4. The van der Waals surface area contributed by atoms with E-state index in [9.17, 15) is 9.59 Å². The maximum absolute atomic E-state index is 13.1. The van der Waals surface area contributed by atoms with Crippen LogP contribution in [-0.4, -0.2) is 23.6 Å². The standard InChI is InChI=1S/C24H34N2O3/c1-8-20(26-22(28)29-23(3,4)5)24(6,7)21(27)25-16(2)18-15-11-13-17-12-9-10-14-19(17)18/h9-16,20H,8H2,1-7H3,(H,25,27)(H,26,28)/t16-,20-/m1/s1. The summed E-state index contributed by atoms with van der Waals surface area (Å²) < 4.78 is 5.36. The predicted molar refractivity (Wildman–Crippen MR) is 118 cm³/mol. The number of amides is 2. The molecular weight excluding hydrogens is 364 g/mol. The summed E-state index contributed by atoms with van der Waals surface area (Å²) in [6.45, 7) is 13.1. The number of alkyl carbamates (subject to hydrolysis) is 1. The first-order chi connectivity index (χ1) is 13.5. The number of hydrogen-bond donors (Lipinski definition) is 2. The SMILES string of the molecule is CC[C@@H](NC(=O)OC(C)(C)C)C(C)(C)C(=O)N[C@H](C)c1cccc2ccccc12. The third-order valence-electron chi connectivity index (χ3n) is 5.19. The molecule has 2 N–H and O–H groups in total. The average Bonchev–Trinajstić information content (AvgIpc) is 2.63. The maximum atomic E-state index is 13.1. The Hall–Kier alpha value is -2.56. The van der Waals surface area contributed by atoms with Gasteiger partial charge in [0, 0.05) is 6.04 Å². The molecule has 2 aromatic carbocycles. The molecule has 5 nitrogen and oxygen atoms in total. The van der Waals surface area contributed by atoms with Gasteiger partial charge in [-0.25, -0.2) is 4.79 Å². The molecule has 0 saturated heterocycles. The van der Waals surface area contributed by atoms with Crippen LogP contribution in [0, 0.1) is 5.41 Å². The van der Waals surface area contributed by atoms with Crippen LogP contribution in [0.5, 0.6) is 0 Å². The number of ether oxygens (including phenoxy) is 1. The van der Waals surface area contributed by atoms with Crippen LogP contribution in [0.15, 0.2) is 42.5 Å². The first kappa shape index (κ1) is 22.7. The van der Waals surface area contributed by atoms with E-state index < -0.39 is 17.1 Å². The topological polar surface area (TPSA) is 67.4 Å². The van der Waals surface area contributed by atoms with Crippen LogP contribution in [0.3, 0.4) is 0 Å². The van der Waals surface area contributed by atoms with Gasteiger partial charge >= 0.3 is 6.09 Å². The number of rotatable bonds is 6. The number of hydrogen-bond acceptors (Lipinski definition) is 3. The van der Waals surface area contributed by atoms with Crippen molar-refractivity contribution in [3.63, 3.8) is 0 Å². The molecule has 0 bridgehead atoms. The lowest BCUT2D eigenvalue weighted by atomic mass is 9.81. The van der Waals surface area contributed by atoms with Crippen LogP contribution in [-0.2, 0) is 9.53 Å². The van der Waals surface area contributed by atoms with Crippen molar-refractivity contribution in [2.24, 2.45) is 5.41 Å². The zero-order chi connectivity index (χ0) is 21.8. The molecule has 0 fully saturated rings. The highest BCUT2D eigenvalue weighted by Gasteiger charge is 2.38. The second kappa shape index (κ2) is 8.85. The lowest BCUT2D eigenvalue weighted by molar-refractivity contribution is -0.131. The Morgan fingerprint density at radius 1 is 0.966 bits per heavy atom. The van der Waals surface area contributed by atoms with Crippen LogP contribution in [0.1, 0.15) is 66.5 Å². The van der Waals surface area contributed by atoms with E-state index in [1.54, 1.807) is 0 Å². The van der Waals surface area contributed by atoms with E-state index in [0.717, 1.165) is 16.3 Å². The Morgan fingerprint density at radius 2 is 1.59 bits per heavy atom. The highest BCUT2D eigenvalue weighted by Crippen LogP contribution is 2.28. The molecule has 0 unspecified atom stereocenters. The van der Waals surface area contributed by atoms with Gasteiger partial charge in [0.05, 0.1) is 11.5 Å². The van der Waals surface area contributed by atoms with Crippen LogP contribution in [0.25, 0.3) is 10.8 Å². The number of fused-ring (bicyclic) bond motifs is 1. The molecule has 29 heavy (non-hydrogen) atoms. The van der Waals surface area contributed by atoms with Crippen LogP contribution >= 0.6 is 0 Å². The highest BCUT2D eigenvalue weighted by atomic mass is 16.6. The summed E-state index contributed by atoms with van der Waals surface area (Å²) in [6.07, 6.45) is 0.106. The summed E-state index contributed by atoms with van der Waals surface area (Å²) in [7, 11) is 0. The van der Waals surface area contributed by atoms with Crippen molar-refractivity contribution in [1.82, 2.24) is 10.6 Å². The Labute approximate surface area is 174 Å². The summed E-state index contributed by atoms with van der Waals surface area (Å²) in [6, 6.07) is 13.7. The molecule has 0 aliphatic heterocycles. The minimum absolute atomic E-state index is 0.110. The Kier molecular flexibility index (Phi) is 6.93. The first-order valence-electron chi connectivity index (χ1n) is 10.2. The van der Waals surface area contributed by atoms with Gasteiger partial charge in [-0.3, -0.25) is 4.79 Å². The summed E-state index contributed by atoms with van der Waals surface area (Å²) in [5, 5.41) is 8.27. The number of benzene rings is 2. The molecule has 2 rings (SSSR count). The second-order valence-corrected chi connectivity index (χ2v) is 9.09. The van der Waals surface area contributed by atoms with Gasteiger partial charge < -0.3 is 15.4 Å². The van der Waals surface area contributed by atoms with Gasteiger partial charge in [0.2, 0.25) is 5.91 Å². The van der Waals surface area contributed by atoms with E-state index in [2.05, 4.69) is 28.8 Å². The van der Waals surface area contributed by atoms with E-state index in [4.69, 9.17) is 4.74 Å². The Bertz CT molecular complexity index is 863. The van der Waals surface area contributed by atoms with Crippen molar-refractivity contribution in [1.29, 1.82) is 0 Å². The molecule has 2 aromatic rings. The molecule has 0 radical (unpaired) electrons. The lowest BCUT2D eigenvalue weighted by Crippen LogP contribution is -2.53. The van der Waals surface area contributed by atoms with Crippen LogP contribution in [0.2, 0.25) is 0 Å². The third-order valence-corrected chi connectivity index (χ3v) is 5.19. The Morgan fingerprint density at radius 3 is 2.21 bits per heavy atom. The molecule has 5 heteroatoms. The van der Waals surface area contributed by atoms with Crippen molar-refractivity contribution in [2.75, 3.05) is 0 Å². The fraction of sp³-hybridized carbons (Fsp3) is 0.500. The van der Waals surface area contributed by atoms with E-state index >= 15 is 0 Å². The average molecular weight is 399 g/mol. The largest absolute Gasteiger partial charge is 0.444 e. The van der Waals surface area contributed by atoms with Gasteiger partial charge in [0.15, 0.2) is 0 Å². The number of nitrogens with one attached hydrogen (secondary N) is 2. The predicted octanol–water partition coefficient (Wildman–Crippen LogP) is 5.35. The van der Waals surface area contributed by atoms with Gasteiger partial charge in [-0.05, 0) is 64.3 Å². The molecule has 0 aromatic heterocycles. The molecule has 0 aliphatic rings. The smallest absolute Gasteiger partial charge is 0.407 e. The molecule has 0 aliphatic carbocycles. The van der Waals surface area contributed by atoms with Crippen LogP contribution < -0.4 is 10.6 Å². The maximum Gasteiger partial charge on any atom is 0.407 e. The number of carbonyl (C=O) groups excluding carboxylic acids is 2. The Balaban J connectivity index is 2.15. The quantitative estimate of drug-likeness (QED) is 0.689. The normalized spacial score (nSPS) is 14.2. The molecule has 0 heterocycles. The van der Waals surface area contributed by atoms with Gasteiger partial charge in [0.25, 0.3) is 0 Å². The zero-order valence-corrected chi connectivity index (χ0v) is 18.6. The molecule has 2 atom stereocenters. The van der Waals surface area contributed by atoms with E-state index in [0.29, 0.717) is 6.42 Å². The fourth-order valence-electron chi connectivity index (χ4n) is 3.49. The van der Waals surface area contributed by atoms with E-state index in [1.165, 1.54) is 0 Å². The molecule has 2 amide bonds. The van der Waals surface area contributed by atoms with Gasteiger partial charge in [-0.2, -0.15) is 0 Å². The van der Waals surface area contributed by atoms with E-state index in [1.807, 2.05) is 72.7 Å². The second-order valence-electron chi connectivity index (χ2n) is 9.09. The van der Waals surface area contributed by atoms with Crippen molar-refractivity contribution in [2.45, 2.75) is 72.6 Å². The van der Waals surface area contributed by atoms with Crippen molar-refractivity contribution >= 4 is 22.8 Å². The zero-order valence-electron chi connectivity index (χ0n) is 18.6. The molecule has 0 saturated carbocycles. The lowest BCUT2D eigenvalue weighted by Gasteiger charge is -2.34.